The van der Waals surface area contributed by atoms with Crippen LogP contribution in [0.2, 0.25) is 0 Å². The van der Waals surface area contributed by atoms with Crippen LogP contribution in [-0.4, -0.2) is 56.2 Å². The Morgan fingerprint density at radius 2 is 2.14 bits per heavy atom. The molecule has 1 unspecified atom stereocenters. The summed E-state index contributed by atoms with van der Waals surface area (Å²) in [5, 5.41) is 5.85. The molecular weight excluding hydrogens is 399 g/mol. The van der Waals surface area contributed by atoms with Gasteiger partial charge in [0.25, 0.3) is 0 Å². The van der Waals surface area contributed by atoms with E-state index in [2.05, 4.69) is 19.7 Å². The lowest BCUT2D eigenvalue weighted by atomic mass is 9.87. The minimum atomic E-state index is -4.17. The first kappa shape index (κ1) is 22.0. The zero-order chi connectivity index (χ0) is 20.8. The van der Waals surface area contributed by atoms with Crippen molar-refractivity contribution in [2.45, 2.75) is 26.4 Å². The quantitative estimate of drug-likeness (QED) is 0.364. The second-order valence-electron chi connectivity index (χ2n) is 6.37. The van der Waals surface area contributed by atoms with Crippen LogP contribution in [0.5, 0.6) is 0 Å². The average Bonchev–Trinajstić information content (AvgIpc) is 3.18. The number of nitrogens with zero attached hydrogens (tertiary/aromatic N) is 1. The van der Waals surface area contributed by atoms with Crippen molar-refractivity contribution in [1.29, 1.82) is 0 Å². The molecule has 1 amide bonds. The number of aromatic nitrogens is 1. The van der Waals surface area contributed by atoms with Gasteiger partial charge in [0.15, 0.2) is 6.10 Å². The van der Waals surface area contributed by atoms with E-state index in [1.807, 2.05) is 0 Å². The number of methoxy groups -OCH3 is 1. The third-order valence-electron chi connectivity index (χ3n) is 3.67. The molecule has 1 fully saturated rings. The number of amides is 1. The highest BCUT2D eigenvalue weighted by molar-refractivity contribution is 7.48. The zero-order valence-corrected chi connectivity index (χ0v) is 16.4. The zero-order valence-electron chi connectivity index (χ0n) is 15.5. The summed E-state index contributed by atoms with van der Waals surface area (Å²) in [5.41, 5.74) is -0.830. The van der Waals surface area contributed by atoms with Crippen molar-refractivity contribution >= 4 is 25.7 Å². The second-order valence-corrected chi connectivity index (χ2v) is 7.99. The molecule has 1 aliphatic heterocycles. The highest BCUT2D eigenvalue weighted by Gasteiger charge is 2.49. The van der Waals surface area contributed by atoms with E-state index in [4.69, 9.17) is 18.3 Å². The SMILES string of the molecule is COC(=O)CCNC(=O)[C@@H]1OP(=O)(OCOC(=O)c2ccno2)OCC1(C)C. The number of nitrogens with one attached hydrogen (secondary N) is 1. The maximum absolute atomic E-state index is 12.6. The predicted molar refractivity (Wildman–Crippen MR) is 89.7 cm³/mol. The topological polar surface area (TPSA) is 152 Å². The van der Waals surface area contributed by atoms with Gasteiger partial charge in [-0.05, 0) is 0 Å². The molecule has 2 atom stereocenters. The number of ether oxygens (including phenoxy) is 2. The number of phosphoric acid groups is 1. The van der Waals surface area contributed by atoms with Crippen molar-refractivity contribution < 1.29 is 46.5 Å². The molecule has 1 saturated heterocycles. The van der Waals surface area contributed by atoms with Gasteiger partial charge in [-0.3, -0.25) is 18.6 Å². The van der Waals surface area contributed by atoms with Crippen molar-refractivity contribution in [1.82, 2.24) is 10.5 Å². The Morgan fingerprint density at radius 3 is 2.79 bits per heavy atom. The minimum Gasteiger partial charge on any atom is -0.469 e. The summed E-state index contributed by atoms with van der Waals surface area (Å²) in [6, 6.07) is 1.27. The molecule has 0 aromatic carbocycles. The van der Waals surface area contributed by atoms with Gasteiger partial charge < -0.3 is 19.3 Å². The molecule has 0 bridgehead atoms. The molecule has 2 rings (SSSR count). The largest absolute Gasteiger partial charge is 0.478 e. The van der Waals surface area contributed by atoms with E-state index in [0.29, 0.717) is 0 Å². The molecule has 13 heteroatoms. The number of hydrogen-bond acceptors (Lipinski definition) is 11. The van der Waals surface area contributed by atoms with Crippen LogP contribution < -0.4 is 5.32 Å². The third-order valence-corrected chi connectivity index (χ3v) is 5.01. The standard InChI is InChI=1S/C15H21N2O10P/c1-15(2)8-24-28(21,25-9-23-14(20)10-4-7-17-26-10)27-12(15)13(19)16-6-5-11(18)22-3/h4,7,12H,5-6,8-9H2,1-3H3,(H,16,19)/t12-,28?/m0/s1. The predicted octanol–water partition coefficient (Wildman–Crippen LogP) is 1.03. The minimum absolute atomic E-state index is 0.0161. The van der Waals surface area contributed by atoms with E-state index >= 15 is 0 Å². The number of esters is 2. The van der Waals surface area contributed by atoms with Crippen LogP contribution in [0.1, 0.15) is 30.8 Å². The Bertz CT molecular complexity index is 748. The molecule has 2 heterocycles. The molecule has 1 N–H and O–H groups in total. The third kappa shape index (κ3) is 5.86. The molecule has 0 spiro atoms. The number of phosphoric ester groups is 1. The molecule has 28 heavy (non-hydrogen) atoms. The van der Waals surface area contributed by atoms with Gasteiger partial charge in [-0.1, -0.05) is 19.0 Å². The fraction of sp³-hybridized carbons (Fsp3) is 0.600. The van der Waals surface area contributed by atoms with E-state index in [-0.39, 0.29) is 25.3 Å². The molecule has 12 nitrogen and oxygen atoms in total. The van der Waals surface area contributed by atoms with Gasteiger partial charge in [0.1, 0.15) is 0 Å². The van der Waals surface area contributed by atoms with Crippen LogP contribution >= 0.6 is 7.82 Å². The Kier molecular flexibility index (Phi) is 7.30. The molecule has 1 aromatic heterocycles. The summed E-state index contributed by atoms with van der Waals surface area (Å²) in [6.45, 7) is 2.49. The fourth-order valence-electron chi connectivity index (χ4n) is 2.11. The van der Waals surface area contributed by atoms with Gasteiger partial charge >= 0.3 is 19.8 Å². The van der Waals surface area contributed by atoms with Crippen LogP contribution in [0, 0.1) is 5.41 Å². The monoisotopic (exact) mass is 420 g/mol. The molecule has 1 aliphatic rings. The average molecular weight is 420 g/mol. The normalized spacial score (nSPS) is 23.6. The Labute approximate surface area is 160 Å². The number of hydrogen-bond donors (Lipinski definition) is 1. The maximum Gasteiger partial charge on any atom is 0.478 e. The maximum atomic E-state index is 12.6. The van der Waals surface area contributed by atoms with Crippen molar-refractivity contribution in [2.24, 2.45) is 5.41 Å². The summed E-state index contributed by atoms with van der Waals surface area (Å²) < 4.78 is 41.7. The summed E-state index contributed by atoms with van der Waals surface area (Å²) in [5.74, 6) is -2.15. The Morgan fingerprint density at radius 1 is 1.39 bits per heavy atom. The number of carbonyl (C=O) groups is 3. The van der Waals surface area contributed by atoms with E-state index in [1.165, 1.54) is 19.4 Å². The van der Waals surface area contributed by atoms with Gasteiger partial charge in [0.2, 0.25) is 18.5 Å². The van der Waals surface area contributed by atoms with Crippen molar-refractivity contribution in [3.63, 3.8) is 0 Å². The first-order chi connectivity index (χ1) is 13.2. The van der Waals surface area contributed by atoms with Gasteiger partial charge in [-0.25, -0.2) is 13.9 Å². The van der Waals surface area contributed by atoms with Gasteiger partial charge in [0, 0.05) is 18.0 Å². The van der Waals surface area contributed by atoms with Gasteiger partial charge in [-0.15, -0.1) is 0 Å². The lowest BCUT2D eigenvalue weighted by Gasteiger charge is -2.39. The highest BCUT2D eigenvalue weighted by atomic mass is 31.2. The van der Waals surface area contributed by atoms with E-state index in [9.17, 15) is 18.9 Å². The number of rotatable bonds is 8. The lowest BCUT2D eigenvalue weighted by Crippen LogP contribution is -2.50. The van der Waals surface area contributed by atoms with E-state index < -0.39 is 44.0 Å². The first-order valence-electron chi connectivity index (χ1n) is 8.17. The van der Waals surface area contributed by atoms with Crippen LogP contribution in [0.4, 0.5) is 0 Å². The van der Waals surface area contributed by atoms with Gasteiger partial charge in [0.05, 0.1) is 26.3 Å². The summed E-state index contributed by atoms with van der Waals surface area (Å²) >= 11 is 0. The molecule has 156 valence electrons. The smallest absolute Gasteiger partial charge is 0.469 e. The van der Waals surface area contributed by atoms with Crippen LogP contribution in [0.25, 0.3) is 0 Å². The van der Waals surface area contributed by atoms with Crippen LogP contribution in [0.15, 0.2) is 16.8 Å². The van der Waals surface area contributed by atoms with Crippen LogP contribution in [0.3, 0.4) is 0 Å². The van der Waals surface area contributed by atoms with Gasteiger partial charge in [-0.2, -0.15) is 0 Å². The Balaban J connectivity index is 1.89. The highest BCUT2D eigenvalue weighted by Crippen LogP contribution is 2.57. The first-order valence-corrected chi connectivity index (χ1v) is 9.63. The summed E-state index contributed by atoms with van der Waals surface area (Å²) in [7, 11) is -2.94. The van der Waals surface area contributed by atoms with Crippen molar-refractivity contribution in [3.8, 4) is 0 Å². The fourth-order valence-corrected chi connectivity index (χ4v) is 3.62. The lowest BCUT2D eigenvalue weighted by molar-refractivity contribution is -0.144. The van der Waals surface area contributed by atoms with E-state index in [0.717, 1.165) is 0 Å². The summed E-state index contributed by atoms with van der Waals surface area (Å²) in [6.07, 6.45) is 0.0328. The van der Waals surface area contributed by atoms with Crippen molar-refractivity contribution in [3.05, 3.63) is 18.0 Å². The summed E-state index contributed by atoms with van der Waals surface area (Å²) in [4.78, 5) is 35.1. The van der Waals surface area contributed by atoms with E-state index in [1.54, 1.807) is 13.8 Å². The molecule has 0 radical (unpaired) electrons. The number of carbonyl (C=O) groups excluding carboxylic acids is 3. The molecular formula is C15H21N2O10P. The second kappa shape index (κ2) is 9.28. The Hall–Kier alpha value is -2.27. The van der Waals surface area contributed by atoms with Crippen LogP contribution in [-0.2, 0) is 37.2 Å². The van der Waals surface area contributed by atoms with Crippen molar-refractivity contribution in [2.75, 3.05) is 27.1 Å². The molecule has 0 saturated carbocycles. The molecule has 1 aromatic rings. The molecule has 0 aliphatic carbocycles.